The second-order valence-corrected chi connectivity index (χ2v) is 9.15. The molecule has 2 aliphatic carbocycles. The Balaban J connectivity index is 1.94. The van der Waals surface area contributed by atoms with E-state index in [1.807, 2.05) is 6.92 Å². The first-order chi connectivity index (χ1) is 11.6. The summed E-state index contributed by atoms with van der Waals surface area (Å²) in [6.07, 6.45) is 1.08. The number of hydrogen-bond acceptors (Lipinski definition) is 3. The predicted molar refractivity (Wildman–Crippen MR) is 79.2 cm³/mol. The number of rotatable bonds is 0. The van der Waals surface area contributed by atoms with Crippen molar-refractivity contribution in [1.82, 2.24) is 4.72 Å². The molecule has 2 saturated carbocycles. The number of halogens is 4. The number of aliphatic hydroxyl groups excluding tert-OH is 1. The van der Waals surface area contributed by atoms with Gasteiger partial charge >= 0.3 is 0 Å². The molecular formula is C16H17F4NO3S. The summed E-state index contributed by atoms with van der Waals surface area (Å²) in [6, 6.07) is -0.785. The van der Waals surface area contributed by atoms with Crippen molar-refractivity contribution in [3.05, 3.63) is 28.8 Å². The second kappa shape index (κ2) is 5.17. The number of hydrogen-bond donors (Lipinski definition) is 2. The van der Waals surface area contributed by atoms with Gasteiger partial charge in [-0.3, -0.25) is 0 Å². The van der Waals surface area contributed by atoms with Gasteiger partial charge in [0.25, 0.3) is 0 Å². The lowest BCUT2D eigenvalue weighted by Crippen LogP contribution is -2.56. The Labute approximate surface area is 142 Å². The third-order valence-electron chi connectivity index (χ3n) is 6.41. The lowest BCUT2D eigenvalue weighted by Gasteiger charge is -2.49. The van der Waals surface area contributed by atoms with E-state index in [9.17, 15) is 31.1 Å². The quantitative estimate of drug-likeness (QED) is 0.414. The first-order valence-electron chi connectivity index (χ1n) is 8.16. The molecule has 0 bridgehead atoms. The molecule has 1 aromatic carbocycles. The Morgan fingerprint density at radius 1 is 1.04 bits per heavy atom. The summed E-state index contributed by atoms with van der Waals surface area (Å²) < 4.78 is 83.2. The lowest BCUT2D eigenvalue weighted by molar-refractivity contribution is -0.00428. The van der Waals surface area contributed by atoms with Crippen molar-refractivity contribution in [3.63, 3.8) is 0 Å². The van der Waals surface area contributed by atoms with Crippen LogP contribution in [0.25, 0.3) is 0 Å². The van der Waals surface area contributed by atoms with E-state index in [1.165, 1.54) is 0 Å². The standard InChI is InChI=1S/C16H17F4NO3S/c1-16-5-4-6-9-10(17)11(18)12(19)13(20)15(9)25(23,24)21-14(6)7(16)2-3-8(16)22/h6-8,14,21-22H,2-5H2,1H3/t6?,7?,8-,14?,16-/m0/s1. The van der Waals surface area contributed by atoms with E-state index < -0.39 is 67.2 Å². The van der Waals surface area contributed by atoms with Gasteiger partial charge in [-0.05, 0) is 37.0 Å². The Bertz CT molecular complexity index is 875. The predicted octanol–water partition coefficient (Wildman–Crippen LogP) is 2.56. The van der Waals surface area contributed by atoms with E-state index in [-0.39, 0.29) is 12.3 Å². The minimum atomic E-state index is -4.54. The highest BCUT2D eigenvalue weighted by Gasteiger charge is 2.58. The zero-order chi connectivity index (χ0) is 18.3. The highest BCUT2D eigenvalue weighted by Crippen LogP contribution is 2.57. The Morgan fingerprint density at radius 2 is 1.68 bits per heavy atom. The molecule has 138 valence electrons. The lowest BCUT2D eigenvalue weighted by atomic mass is 9.61. The number of fused-ring (bicyclic) bond motifs is 5. The van der Waals surface area contributed by atoms with E-state index in [2.05, 4.69) is 4.72 Å². The number of benzene rings is 1. The van der Waals surface area contributed by atoms with Crippen LogP contribution in [-0.2, 0) is 10.0 Å². The van der Waals surface area contributed by atoms with Gasteiger partial charge < -0.3 is 5.11 Å². The highest BCUT2D eigenvalue weighted by atomic mass is 32.2. The van der Waals surface area contributed by atoms with Crippen LogP contribution in [0.1, 0.15) is 44.1 Å². The van der Waals surface area contributed by atoms with E-state index in [1.54, 1.807) is 0 Å². The molecule has 2 N–H and O–H groups in total. The molecule has 9 heteroatoms. The molecule has 3 aliphatic rings. The van der Waals surface area contributed by atoms with Crippen LogP contribution in [0.4, 0.5) is 17.6 Å². The molecular weight excluding hydrogens is 362 g/mol. The van der Waals surface area contributed by atoms with E-state index >= 15 is 0 Å². The minimum absolute atomic E-state index is 0.242. The van der Waals surface area contributed by atoms with Crippen molar-refractivity contribution in [2.24, 2.45) is 11.3 Å². The van der Waals surface area contributed by atoms with E-state index in [0.717, 1.165) is 0 Å². The highest BCUT2D eigenvalue weighted by molar-refractivity contribution is 7.89. The molecule has 0 radical (unpaired) electrons. The summed E-state index contributed by atoms with van der Waals surface area (Å²) in [6.45, 7) is 1.84. The van der Waals surface area contributed by atoms with Crippen LogP contribution >= 0.6 is 0 Å². The summed E-state index contributed by atoms with van der Waals surface area (Å²) in [5.41, 5.74) is -1.15. The molecule has 0 spiro atoms. The molecule has 0 saturated heterocycles. The molecule has 4 rings (SSSR count). The van der Waals surface area contributed by atoms with E-state index in [0.29, 0.717) is 19.3 Å². The Morgan fingerprint density at radius 3 is 2.36 bits per heavy atom. The van der Waals surface area contributed by atoms with Crippen LogP contribution in [0.15, 0.2) is 4.90 Å². The zero-order valence-electron chi connectivity index (χ0n) is 13.3. The van der Waals surface area contributed by atoms with Crippen molar-refractivity contribution < 1.29 is 31.1 Å². The SMILES string of the molecule is C[C@]12CCC3c4c(F)c(F)c(F)c(F)c4S(=O)(=O)NC3C1CC[C@@H]2O. The molecule has 0 amide bonds. The van der Waals surface area contributed by atoms with Crippen molar-refractivity contribution in [1.29, 1.82) is 0 Å². The van der Waals surface area contributed by atoms with Crippen molar-refractivity contribution in [2.75, 3.05) is 0 Å². The van der Waals surface area contributed by atoms with Crippen LogP contribution in [-0.4, -0.2) is 25.7 Å². The van der Waals surface area contributed by atoms with Gasteiger partial charge in [0.2, 0.25) is 10.0 Å². The summed E-state index contributed by atoms with van der Waals surface area (Å²) in [4.78, 5) is -1.13. The summed E-state index contributed by atoms with van der Waals surface area (Å²) in [5.74, 6) is -8.74. The van der Waals surface area contributed by atoms with E-state index in [4.69, 9.17) is 0 Å². The van der Waals surface area contributed by atoms with Gasteiger partial charge in [0.15, 0.2) is 23.3 Å². The van der Waals surface area contributed by atoms with Crippen LogP contribution in [0, 0.1) is 34.6 Å². The summed E-state index contributed by atoms with van der Waals surface area (Å²) in [5, 5.41) is 10.3. The van der Waals surface area contributed by atoms with Gasteiger partial charge in [-0.2, -0.15) is 0 Å². The maximum absolute atomic E-state index is 14.4. The fourth-order valence-electron chi connectivity index (χ4n) is 5.06. The number of aliphatic hydroxyl groups is 1. The number of sulfonamides is 1. The first kappa shape index (κ1) is 17.2. The zero-order valence-corrected chi connectivity index (χ0v) is 14.1. The number of nitrogens with one attached hydrogen (secondary N) is 1. The molecule has 1 aliphatic heterocycles. The maximum Gasteiger partial charge on any atom is 0.244 e. The fourth-order valence-corrected chi connectivity index (χ4v) is 6.72. The van der Waals surface area contributed by atoms with Crippen molar-refractivity contribution in [2.45, 2.75) is 55.6 Å². The van der Waals surface area contributed by atoms with Crippen LogP contribution in [0.3, 0.4) is 0 Å². The topological polar surface area (TPSA) is 66.4 Å². The molecule has 25 heavy (non-hydrogen) atoms. The van der Waals surface area contributed by atoms with Crippen LogP contribution in [0.2, 0.25) is 0 Å². The fraction of sp³-hybridized carbons (Fsp3) is 0.625. The minimum Gasteiger partial charge on any atom is -0.393 e. The van der Waals surface area contributed by atoms with Crippen LogP contribution < -0.4 is 4.72 Å². The van der Waals surface area contributed by atoms with Gasteiger partial charge in [0.1, 0.15) is 4.90 Å². The largest absolute Gasteiger partial charge is 0.393 e. The monoisotopic (exact) mass is 379 g/mol. The average Bonchev–Trinajstić information content (AvgIpc) is 2.85. The third kappa shape index (κ3) is 2.09. The first-order valence-corrected chi connectivity index (χ1v) is 9.64. The third-order valence-corrected chi connectivity index (χ3v) is 7.93. The van der Waals surface area contributed by atoms with Gasteiger partial charge in [-0.15, -0.1) is 0 Å². The Hall–Kier alpha value is -1.19. The van der Waals surface area contributed by atoms with Gasteiger partial charge in [-0.25, -0.2) is 30.7 Å². The molecule has 5 atom stereocenters. The van der Waals surface area contributed by atoms with Crippen LogP contribution in [0.5, 0.6) is 0 Å². The summed E-state index contributed by atoms with van der Waals surface area (Å²) >= 11 is 0. The summed E-state index contributed by atoms with van der Waals surface area (Å²) in [7, 11) is -4.54. The molecule has 0 aromatic heterocycles. The normalized spacial score (nSPS) is 38.8. The molecule has 2 fully saturated rings. The molecule has 1 heterocycles. The molecule has 3 unspecified atom stereocenters. The van der Waals surface area contributed by atoms with Gasteiger partial charge in [0.05, 0.1) is 6.10 Å². The average molecular weight is 379 g/mol. The smallest absolute Gasteiger partial charge is 0.244 e. The van der Waals surface area contributed by atoms with Gasteiger partial charge in [-0.1, -0.05) is 6.92 Å². The van der Waals surface area contributed by atoms with Gasteiger partial charge in [0, 0.05) is 17.5 Å². The van der Waals surface area contributed by atoms with Crippen molar-refractivity contribution in [3.8, 4) is 0 Å². The molecule has 1 aromatic rings. The molecule has 4 nitrogen and oxygen atoms in total. The Kier molecular flexibility index (Phi) is 3.56. The maximum atomic E-state index is 14.4. The second-order valence-electron chi connectivity index (χ2n) is 7.50. The van der Waals surface area contributed by atoms with Crippen molar-refractivity contribution >= 4 is 10.0 Å².